The minimum Gasteiger partial charge on any atom is -0.295 e. The van der Waals surface area contributed by atoms with Crippen molar-refractivity contribution in [2.45, 2.75) is 71.9 Å². The number of nitrogens with zero attached hydrogens (tertiary/aromatic N) is 6. The largest absolute Gasteiger partial charge is 0.328 e. The molecule has 1 fully saturated rings. The van der Waals surface area contributed by atoms with Gasteiger partial charge in [0.15, 0.2) is 0 Å². The number of hydrogen-bond acceptors (Lipinski definition) is 5. The van der Waals surface area contributed by atoms with Crippen molar-refractivity contribution in [1.29, 1.82) is 0 Å². The molecule has 1 aromatic carbocycles. The Morgan fingerprint density at radius 1 is 1.09 bits per heavy atom. The third kappa shape index (κ3) is 4.33. The van der Waals surface area contributed by atoms with Gasteiger partial charge in [-0.1, -0.05) is 51.5 Å². The lowest BCUT2D eigenvalue weighted by Gasteiger charge is -2.13. The van der Waals surface area contributed by atoms with E-state index in [1.807, 2.05) is 33.5 Å². The van der Waals surface area contributed by atoms with Gasteiger partial charge in [-0.2, -0.15) is 5.21 Å². The van der Waals surface area contributed by atoms with E-state index in [1.165, 1.54) is 0 Å². The highest BCUT2D eigenvalue weighted by molar-refractivity contribution is 5.69. The van der Waals surface area contributed by atoms with E-state index in [9.17, 15) is 4.79 Å². The van der Waals surface area contributed by atoms with Gasteiger partial charge in [-0.25, -0.2) is 4.79 Å². The average molecular weight is 472 g/mol. The molecule has 0 saturated heterocycles. The summed E-state index contributed by atoms with van der Waals surface area (Å²) in [6.45, 7) is 7.19. The van der Waals surface area contributed by atoms with Gasteiger partial charge in [0.25, 0.3) is 0 Å². The molecule has 3 heterocycles. The summed E-state index contributed by atoms with van der Waals surface area (Å²) in [5.74, 6) is 0.565. The van der Waals surface area contributed by atoms with Crippen LogP contribution in [-0.4, -0.2) is 34.7 Å². The van der Waals surface area contributed by atoms with E-state index in [1.54, 1.807) is 6.20 Å². The van der Waals surface area contributed by atoms with Crippen LogP contribution in [-0.2, 0) is 13.0 Å². The van der Waals surface area contributed by atoms with E-state index < -0.39 is 0 Å². The lowest BCUT2D eigenvalue weighted by Crippen LogP contribution is -2.26. The first kappa shape index (κ1) is 23.2. The van der Waals surface area contributed by atoms with Crippen LogP contribution < -0.4 is 5.69 Å². The fraction of sp³-hybridized carbons (Fsp3) is 0.444. The summed E-state index contributed by atoms with van der Waals surface area (Å²) in [4.78, 5) is 18.1. The van der Waals surface area contributed by atoms with Gasteiger partial charge in [0.1, 0.15) is 0 Å². The van der Waals surface area contributed by atoms with E-state index >= 15 is 0 Å². The van der Waals surface area contributed by atoms with Gasteiger partial charge in [-0.05, 0) is 65.5 Å². The average Bonchev–Trinajstić information content (AvgIpc) is 3.20. The number of aryl methyl sites for hydroxylation is 1. The Bertz CT molecular complexity index is 1330. The lowest BCUT2D eigenvalue weighted by atomic mass is 9.99. The number of hydrogen-bond donors (Lipinski definition) is 1. The quantitative estimate of drug-likeness (QED) is 0.350. The molecule has 1 atom stereocenters. The zero-order chi connectivity index (χ0) is 24.4. The van der Waals surface area contributed by atoms with Gasteiger partial charge < -0.3 is 0 Å². The number of aromatic nitrogens is 7. The number of imidazole rings is 1. The predicted octanol–water partition coefficient (Wildman–Crippen LogP) is 5.03. The maximum Gasteiger partial charge on any atom is 0.328 e. The Morgan fingerprint density at radius 3 is 2.51 bits per heavy atom. The molecule has 0 radical (unpaired) electrons. The Morgan fingerprint density at radius 2 is 1.86 bits per heavy atom. The van der Waals surface area contributed by atoms with Crippen molar-refractivity contribution in [1.82, 2.24) is 34.7 Å². The van der Waals surface area contributed by atoms with E-state index in [0.29, 0.717) is 18.4 Å². The molecule has 4 aromatic rings. The number of aromatic amines is 1. The third-order valence-corrected chi connectivity index (χ3v) is 7.80. The normalized spacial score (nSPS) is 16.5. The Labute approximate surface area is 205 Å². The summed E-state index contributed by atoms with van der Waals surface area (Å²) in [5, 5.41) is 14.2. The zero-order valence-corrected chi connectivity index (χ0v) is 20.7. The van der Waals surface area contributed by atoms with Gasteiger partial charge in [0, 0.05) is 35.9 Å². The molecule has 8 heteroatoms. The molecular formula is C27H33N7O. The number of nitrogens with one attached hydrogen (secondary N) is 1. The van der Waals surface area contributed by atoms with E-state index in [4.69, 9.17) is 0 Å². The van der Waals surface area contributed by atoms with Crippen molar-refractivity contribution in [3.63, 3.8) is 0 Å². The minimum absolute atomic E-state index is 0.104. The maximum atomic E-state index is 13.7. The summed E-state index contributed by atoms with van der Waals surface area (Å²) in [7, 11) is 0. The Balaban J connectivity index is 1.48. The molecule has 8 nitrogen and oxygen atoms in total. The molecule has 1 aliphatic rings. The maximum absolute atomic E-state index is 13.7. The molecule has 0 aliphatic heterocycles. The van der Waals surface area contributed by atoms with Crippen molar-refractivity contribution in [3.05, 3.63) is 70.7 Å². The summed E-state index contributed by atoms with van der Waals surface area (Å²) < 4.78 is 3.99. The van der Waals surface area contributed by atoms with Crippen LogP contribution in [0.2, 0.25) is 0 Å². The molecule has 182 valence electrons. The van der Waals surface area contributed by atoms with Crippen LogP contribution in [0, 0.1) is 5.41 Å². The van der Waals surface area contributed by atoms with E-state index in [0.717, 1.165) is 66.5 Å². The van der Waals surface area contributed by atoms with Crippen LogP contribution in [0.15, 0.2) is 53.7 Å². The van der Waals surface area contributed by atoms with Crippen LogP contribution in [0.5, 0.6) is 0 Å². The van der Waals surface area contributed by atoms with Gasteiger partial charge in [-0.3, -0.25) is 14.1 Å². The molecule has 3 aromatic heterocycles. The summed E-state index contributed by atoms with van der Waals surface area (Å²) in [5.41, 5.74) is 5.56. The highest BCUT2D eigenvalue weighted by Gasteiger charge is 2.53. The second-order valence-corrected chi connectivity index (χ2v) is 9.63. The molecule has 0 spiro atoms. The molecule has 35 heavy (non-hydrogen) atoms. The third-order valence-electron chi connectivity index (χ3n) is 7.80. The molecule has 1 aliphatic carbocycles. The molecule has 5 rings (SSSR count). The van der Waals surface area contributed by atoms with Gasteiger partial charge in [-0.15, -0.1) is 10.2 Å². The lowest BCUT2D eigenvalue weighted by molar-refractivity contribution is 0.410. The molecule has 1 N–H and O–H groups in total. The number of pyridine rings is 1. The monoisotopic (exact) mass is 471 g/mol. The predicted molar refractivity (Wildman–Crippen MR) is 136 cm³/mol. The fourth-order valence-corrected chi connectivity index (χ4v) is 5.32. The van der Waals surface area contributed by atoms with Crippen LogP contribution in [0.4, 0.5) is 0 Å². The van der Waals surface area contributed by atoms with Crippen LogP contribution in [0.3, 0.4) is 0 Å². The fourth-order valence-electron chi connectivity index (χ4n) is 5.32. The van der Waals surface area contributed by atoms with Crippen molar-refractivity contribution in [3.8, 4) is 22.5 Å². The van der Waals surface area contributed by atoms with Crippen LogP contribution >= 0.6 is 0 Å². The second kappa shape index (κ2) is 9.60. The highest BCUT2D eigenvalue weighted by Crippen LogP contribution is 2.60. The van der Waals surface area contributed by atoms with Gasteiger partial charge >= 0.3 is 5.69 Å². The van der Waals surface area contributed by atoms with Crippen LogP contribution in [0.25, 0.3) is 22.5 Å². The Hall–Kier alpha value is -3.55. The standard InChI is InChI=1S/C27H33N7O/c1-4-7-8-22-18-34(24-15-27(24,5-2)6-3)26(35)33(22)17-21-16-28-14-13-23(21)19-9-11-20(12-10-19)25-29-31-32-30-25/h9-14,16,18,24H,4-8,15,17H2,1-3H3,(H,29,30,31,32). The minimum atomic E-state index is 0.104. The number of rotatable bonds is 10. The first-order valence-electron chi connectivity index (χ1n) is 12.7. The Kier molecular flexibility index (Phi) is 6.36. The number of tetrazole rings is 1. The van der Waals surface area contributed by atoms with Gasteiger partial charge in [0.2, 0.25) is 5.82 Å². The van der Waals surface area contributed by atoms with Crippen molar-refractivity contribution >= 4 is 0 Å². The molecular weight excluding hydrogens is 438 g/mol. The van der Waals surface area contributed by atoms with Crippen LogP contribution in [0.1, 0.15) is 70.2 Å². The number of benzene rings is 1. The number of H-pyrrole nitrogens is 1. The highest BCUT2D eigenvalue weighted by atomic mass is 16.1. The molecule has 1 saturated carbocycles. The van der Waals surface area contributed by atoms with Crippen molar-refractivity contribution in [2.24, 2.45) is 5.41 Å². The second-order valence-electron chi connectivity index (χ2n) is 9.63. The smallest absolute Gasteiger partial charge is 0.295 e. The summed E-state index contributed by atoms with van der Waals surface area (Å²) >= 11 is 0. The molecule has 0 amide bonds. The SMILES string of the molecule is CCCCc1cn(C2CC2(CC)CC)c(=O)n1Cc1cnccc1-c1ccc(-c2nn[nH]n2)cc1. The molecule has 0 bridgehead atoms. The van der Waals surface area contributed by atoms with Crippen molar-refractivity contribution < 1.29 is 0 Å². The summed E-state index contributed by atoms with van der Waals surface area (Å²) in [6.07, 6.45) is 12.2. The van der Waals surface area contributed by atoms with E-state index in [-0.39, 0.29) is 11.1 Å². The zero-order valence-electron chi connectivity index (χ0n) is 20.7. The van der Waals surface area contributed by atoms with E-state index in [2.05, 4.69) is 64.7 Å². The molecule has 1 unspecified atom stereocenters. The topological polar surface area (TPSA) is 94.3 Å². The first-order chi connectivity index (χ1) is 17.1. The summed E-state index contributed by atoms with van der Waals surface area (Å²) in [6, 6.07) is 10.4. The number of unbranched alkanes of at least 4 members (excludes halogenated alkanes) is 1. The van der Waals surface area contributed by atoms with Gasteiger partial charge in [0.05, 0.1) is 6.54 Å². The van der Waals surface area contributed by atoms with Crippen molar-refractivity contribution in [2.75, 3.05) is 0 Å². The first-order valence-corrected chi connectivity index (χ1v) is 12.7.